The van der Waals surface area contributed by atoms with Gasteiger partial charge in [-0.3, -0.25) is 4.90 Å². The minimum Gasteiger partial charge on any atom is -0.366 e. The zero-order chi connectivity index (χ0) is 26.0. The number of nitrogens with one attached hydrogen (secondary N) is 1. The molecule has 1 saturated heterocycles. The molecule has 4 heterocycles. The summed E-state index contributed by atoms with van der Waals surface area (Å²) < 4.78 is 0. The largest absolute Gasteiger partial charge is 0.366 e. The minimum atomic E-state index is 0.558. The predicted molar refractivity (Wildman–Crippen MR) is 158 cm³/mol. The van der Waals surface area contributed by atoms with Gasteiger partial charge in [0, 0.05) is 48.4 Å². The molecule has 0 bridgehead atoms. The fourth-order valence-corrected chi connectivity index (χ4v) is 6.18. The molecule has 2 aliphatic rings. The number of piperidine rings is 1. The van der Waals surface area contributed by atoms with Crippen LogP contribution in [0.25, 0.3) is 33.3 Å². The summed E-state index contributed by atoms with van der Waals surface area (Å²) in [5.74, 6) is 0.558. The lowest BCUT2D eigenvalue weighted by Gasteiger charge is -2.37. The van der Waals surface area contributed by atoms with Gasteiger partial charge in [0.05, 0.1) is 18.0 Å². The second-order valence-corrected chi connectivity index (χ2v) is 11.0. The molecule has 0 amide bonds. The van der Waals surface area contributed by atoms with E-state index in [1.54, 1.807) is 6.20 Å². The number of hydrogen-bond donors (Lipinski definition) is 1. The Balaban J connectivity index is 1.07. The Morgan fingerprint density at radius 3 is 2.38 bits per heavy atom. The van der Waals surface area contributed by atoms with Crippen LogP contribution in [0.1, 0.15) is 18.4 Å². The van der Waals surface area contributed by atoms with Gasteiger partial charge in [-0.25, -0.2) is 9.97 Å². The smallest absolute Gasteiger partial charge is 0.211 e. The number of benzene rings is 3. The van der Waals surface area contributed by atoms with Crippen molar-refractivity contribution >= 4 is 22.7 Å². The summed E-state index contributed by atoms with van der Waals surface area (Å²) in [5.41, 5.74) is 7.56. The van der Waals surface area contributed by atoms with Gasteiger partial charge in [0.15, 0.2) is 5.01 Å². The molecule has 7 nitrogen and oxygen atoms in total. The highest BCUT2D eigenvalue weighted by Gasteiger charge is 2.29. The van der Waals surface area contributed by atoms with Crippen molar-refractivity contribution in [1.82, 2.24) is 25.1 Å². The zero-order valence-electron chi connectivity index (χ0n) is 21.6. The lowest BCUT2D eigenvalue weighted by atomic mass is 10.0. The summed E-state index contributed by atoms with van der Waals surface area (Å²) in [6.07, 6.45) is 4.13. The first-order chi connectivity index (χ1) is 19.3. The number of likely N-dealkylation sites (tertiary alicyclic amines) is 1. The second kappa shape index (κ2) is 10.6. The molecule has 2 aromatic heterocycles. The first-order valence-corrected chi connectivity index (χ1v) is 14.3. The molecule has 1 fully saturated rings. The number of fused-ring (bicyclic) bond motifs is 1. The molecule has 3 aromatic carbocycles. The number of anilines is 2. The molecular weight excluding hydrogens is 502 g/mol. The number of para-hydroxylation sites is 2. The molecule has 0 spiro atoms. The van der Waals surface area contributed by atoms with Crippen LogP contribution in [0.5, 0.6) is 0 Å². The van der Waals surface area contributed by atoms with E-state index in [-0.39, 0.29) is 0 Å². The maximum Gasteiger partial charge on any atom is 0.211 e. The Morgan fingerprint density at radius 2 is 1.59 bits per heavy atom. The van der Waals surface area contributed by atoms with Gasteiger partial charge < -0.3 is 10.2 Å². The van der Waals surface area contributed by atoms with E-state index in [4.69, 9.17) is 4.98 Å². The van der Waals surface area contributed by atoms with E-state index in [9.17, 15) is 0 Å². The van der Waals surface area contributed by atoms with Gasteiger partial charge in [0.2, 0.25) is 5.82 Å². The van der Waals surface area contributed by atoms with Gasteiger partial charge in [-0.1, -0.05) is 66.7 Å². The topological polar surface area (TPSA) is 70.1 Å². The van der Waals surface area contributed by atoms with Crippen LogP contribution in [0.15, 0.2) is 90.4 Å². The Bertz CT molecular complexity index is 1550. The maximum atomic E-state index is 4.92. The minimum absolute atomic E-state index is 0.558. The lowest BCUT2D eigenvalue weighted by molar-refractivity contribution is 0.202. The first kappa shape index (κ1) is 23.9. The molecule has 39 heavy (non-hydrogen) atoms. The average molecular weight is 532 g/mol. The summed E-state index contributed by atoms with van der Waals surface area (Å²) >= 11 is 1.52. The molecule has 0 saturated carbocycles. The fraction of sp³-hybridized carbons (Fsp3) is 0.226. The third kappa shape index (κ3) is 4.89. The number of aromatic nitrogens is 4. The Labute approximate surface area is 232 Å². The molecular formula is C31H29N7S. The summed E-state index contributed by atoms with van der Waals surface area (Å²) in [4.78, 5) is 14.4. The summed E-state index contributed by atoms with van der Waals surface area (Å²) in [5, 5.41) is 15.2. The van der Waals surface area contributed by atoms with Crippen molar-refractivity contribution in [1.29, 1.82) is 0 Å². The standard InChI is InChI=1S/C31H29N7S/c1-2-6-23(7-3-1)29-28(34-30(36-35-29)31-32-16-19-39-31)24-12-10-22(11-13-24)20-37-17-14-25(15-18-37)38-21-33-26-8-4-5-9-27(26)38/h1-13,16,19,25,33H,14-15,17-18,20-21H2. The average Bonchev–Trinajstić information content (AvgIpc) is 3.69. The van der Waals surface area contributed by atoms with Crippen LogP contribution >= 0.6 is 11.3 Å². The maximum absolute atomic E-state index is 4.92. The van der Waals surface area contributed by atoms with Crippen molar-refractivity contribution in [3.8, 4) is 33.3 Å². The van der Waals surface area contributed by atoms with E-state index in [1.807, 2.05) is 35.7 Å². The second-order valence-electron chi connectivity index (χ2n) is 10.1. The summed E-state index contributed by atoms with van der Waals surface area (Å²) in [6.45, 7) is 4.09. The van der Waals surface area contributed by atoms with Crippen molar-refractivity contribution in [2.45, 2.75) is 25.4 Å². The van der Waals surface area contributed by atoms with Crippen molar-refractivity contribution in [3.63, 3.8) is 0 Å². The zero-order valence-corrected chi connectivity index (χ0v) is 22.4. The molecule has 5 aromatic rings. The van der Waals surface area contributed by atoms with E-state index < -0.39 is 0 Å². The van der Waals surface area contributed by atoms with Gasteiger partial charge in [-0.05, 0) is 30.5 Å². The normalized spacial score (nSPS) is 15.7. The molecule has 0 aliphatic carbocycles. The van der Waals surface area contributed by atoms with Gasteiger partial charge in [0.25, 0.3) is 0 Å². The first-order valence-electron chi connectivity index (χ1n) is 13.4. The van der Waals surface area contributed by atoms with E-state index in [0.717, 1.165) is 53.8 Å². The Kier molecular flexibility index (Phi) is 6.48. The van der Waals surface area contributed by atoms with Crippen LogP contribution in [0.2, 0.25) is 0 Å². The SMILES string of the molecule is c1ccc(-c2nnc(-c3nccs3)nc2-c2ccc(CN3CCC(N4CNc5ccccc54)CC3)cc2)cc1. The van der Waals surface area contributed by atoms with E-state index in [1.165, 1.54) is 41.1 Å². The quantitative estimate of drug-likeness (QED) is 0.280. The van der Waals surface area contributed by atoms with Crippen LogP contribution in [-0.2, 0) is 6.54 Å². The highest BCUT2D eigenvalue weighted by Crippen LogP contribution is 2.35. The highest BCUT2D eigenvalue weighted by atomic mass is 32.1. The Morgan fingerprint density at radius 1 is 0.821 bits per heavy atom. The third-order valence-corrected chi connectivity index (χ3v) is 8.41. The molecule has 194 valence electrons. The summed E-state index contributed by atoms with van der Waals surface area (Å²) in [6, 6.07) is 28.2. The van der Waals surface area contributed by atoms with Gasteiger partial charge >= 0.3 is 0 Å². The van der Waals surface area contributed by atoms with Crippen molar-refractivity contribution < 1.29 is 0 Å². The number of thiazole rings is 1. The molecule has 8 heteroatoms. The van der Waals surface area contributed by atoms with Crippen LogP contribution in [-0.4, -0.2) is 50.9 Å². The highest BCUT2D eigenvalue weighted by molar-refractivity contribution is 7.13. The van der Waals surface area contributed by atoms with Crippen LogP contribution in [0.4, 0.5) is 11.4 Å². The van der Waals surface area contributed by atoms with Gasteiger partial charge in [-0.2, -0.15) is 0 Å². The van der Waals surface area contributed by atoms with Crippen molar-refractivity contribution in [3.05, 3.63) is 96.0 Å². The van der Waals surface area contributed by atoms with Crippen LogP contribution in [0, 0.1) is 0 Å². The Hall–Kier alpha value is -4.14. The van der Waals surface area contributed by atoms with Crippen molar-refractivity contribution in [2.75, 3.05) is 30.0 Å². The summed E-state index contributed by atoms with van der Waals surface area (Å²) in [7, 11) is 0. The van der Waals surface area contributed by atoms with Gasteiger partial charge in [-0.15, -0.1) is 21.5 Å². The molecule has 0 radical (unpaired) electrons. The van der Waals surface area contributed by atoms with Crippen molar-refractivity contribution in [2.24, 2.45) is 0 Å². The van der Waals surface area contributed by atoms with E-state index in [0.29, 0.717) is 11.9 Å². The van der Waals surface area contributed by atoms with E-state index in [2.05, 4.69) is 78.8 Å². The van der Waals surface area contributed by atoms with Crippen LogP contribution < -0.4 is 10.2 Å². The monoisotopic (exact) mass is 531 g/mol. The number of nitrogens with zero attached hydrogens (tertiary/aromatic N) is 6. The fourth-order valence-electron chi connectivity index (χ4n) is 5.61. The van der Waals surface area contributed by atoms with Crippen LogP contribution in [0.3, 0.4) is 0 Å². The number of hydrogen-bond acceptors (Lipinski definition) is 8. The molecule has 1 N–H and O–H groups in total. The lowest BCUT2D eigenvalue weighted by Crippen LogP contribution is -2.44. The van der Waals surface area contributed by atoms with Gasteiger partial charge in [0.1, 0.15) is 11.4 Å². The molecule has 2 aliphatic heterocycles. The molecule has 7 rings (SSSR count). The molecule has 0 unspecified atom stereocenters. The number of rotatable bonds is 6. The third-order valence-electron chi connectivity index (χ3n) is 7.64. The molecule has 0 atom stereocenters. The predicted octanol–water partition coefficient (Wildman–Crippen LogP) is 6.18. The van der Waals surface area contributed by atoms with E-state index >= 15 is 0 Å².